The Morgan fingerprint density at radius 3 is 2.38 bits per heavy atom. The number of carbonyl (C=O) groups is 2. The minimum absolute atomic E-state index is 0.124. The molecule has 0 aromatic rings. The van der Waals surface area contributed by atoms with E-state index in [2.05, 4.69) is 4.74 Å². The maximum absolute atomic E-state index is 11.5. The summed E-state index contributed by atoms with van der Waals surface area (Å²) < 4.78 is 9.60. The Morgan fingerprint density at radius 2 is 1.94 bits per heavy atom. The van der Waals surface area contributed by atoms with E-state index in [9.17, 15) is 9.59 Å². The maximum atomic E-state index is 11.5. The van der Waals surface area contributed by atoms with Crippen molar-refractivity contribution < 1.29 is 19.1 Å². The van der Waals surface area contributed by atoms with Gasteiger partial charge in [0.15, 0.2) is 0 Å². The average molecular weight is 229 g/mol. The third-order valence-corrected chi connectivity index (χ3v) is 3.09. The van der Waals surface area contributed by atoms with Crippen molar-refractivity contribution in [3.63, 3.8) is 0 Å². The van der Waals surface area contributed by atoms with Crippen LogP contribution in [0.25, 0.3) is 0 Å². The molecule has 92 valence electrons. The first kappa shape index (κ1) is 13.0. The fraction of sp³-hybridized carbons (Fsp3) is 0.818. The van der Waals surface area contributed by atoms with E-state index in [1.54, 1.807) is 6.92 Å². The smallest absolute Gasteiger partial charge is 0.325 e. The molecule has 0 atom stereocenters. The molecule has 0 unspecified atom stereocenters. The second-order valence-corrected chi connectivity index (χ2v) is 4.17. The van der Waals surface area contributed by atoms with Crippen molar-refractivity contribution in [2.45, 2.75) is 38.1 Å². The number of carbonyl (C=O) groups excluding carboxylic acids is 2. The number of nitrogens with two attached hydrogens (primary N) is 1. The molecule has 0 amide bonds. The normalized spacial score (nSPS) is 29.6. The summed E-state index contributed by atoms with van der Waals surface area (Å²) in [4.78, 5) is 22.9. The van der Waals surface area contributed by atoms with Crippen LogP contribution in [-0.2, 0) is 19.1 Å². The zero-order chi connectivity index (χ0) is 12.2. The summed E-state index contributed by atoms with van der Waals surface area (Å²) in [6.07, 6.45) is 2.13. The largest absolute Gasteiger partial charge is 0.468 e. The van der Waals surface area contributed by atoms with Crippen LogP contribution in [-0.4, -0.2) is 31.2 Å². The molecule has 0 saturated heterocycles. The van der Waals surface area contributed by atoms with E-state index in [4.69, 9.17) is 10.5 Å². The van der Waals surface area contributed by atoms with Crippen LogP contribution in [0.5, 0.6) is 0 Å². The average Bonchev–Trinajstić information content (AvgIpc) is 2.29. The van der Waals surface area contributed by atoms with Gasteiger partial charge in [-0.05, 0) is 32.6 Å². The van der Waals surface area contributed by atoms with Gasteiger partial charge in [0, 0.05) is 0 Å². The summed E-state index contributed by atoms with van der Waals surface area (Å²) in [5.41, 5.74) is 5.00. The predicted molar refractivity (Wildman–Crippen MR) is 57.5 cm³/mol. The van der Waals surface area contributed by atoms with Crippen molar-refractivity contribution in [3.8, 4) is 0 Å². The standard InChI is InChI=1S/C11H19NO4/c1-3-16-9(13)8-4-6-11(12,7-5-8)10(14)15-2/h8H,3-7,12H2,1-2H3. The summed E-state index contributed by atoms with van der Waals surface area (Å²) >= 11 is 0. The second kappa shape index (κ2) is 5.30. The van der Waals surface area contributed by atoms with Crippen molar-refractivity contribution in [2.75, 3.05) is 13.7 Å². The number of ether oxygens (including phenoxy) is 2. The first-order valence-electron chi connectivity index (χ1n) is 5.57. The topological polar surface area (TPSA) is 78.6 Å². The molecule has 0 spiro atoms. The molecule has 0 bridgehead atoms. The highest BCUT2D eigenvalue weighted by Gasteiger charge is 2.41. The number of esters is 2. The van der Waals surface area contributed by atoms with Gasteiger partial charge in [-0.1, -0.05) is 0 Å². The van der Waals surface area contributed by atoms with Gasteiger partial charge in [0.2, 0.25) is 0 Å². The van der Waals surface area contributed by atoms with Gasteiger partial charge in [-0.25, -0.2) is 0 Å². The maximum Gasteiger partial charge on any atom is 0.325 e. The van der Waals surface area contributed by atoms with E-state index in [1.807, 2.05) is 0 Å². The SMILES string of the molecule is CCOC(=O)C1CCC(N)(C(=O)OC)CC1. The van der Waals surface area contributed by atoms with Crippen LogP contribution in [0.1, 0.15) is 32.6 Å². The fourth-order valence-corrected chi connectivity index (χ4v) is 2.04. The molecule has 16 heavy (non-hydrogen) atoms. The second-order valence-electron chi connectivity index (χ2n) is 4.17. The fourth-order valence-electron chi connectivity index (χ4n) is 2.04. The lowest BCUT2D eigenvalue weighted by Gasteiger charge is -2.33. The van der Waals surface area contributed by atoms with E-state index < -0.39 is 11.5 Å². The van der Waals surface area contributed by atoms with Gasteiger partial charge < -0.3 is 15.2 Å². The van der Waals surface area contributed by atoms with Gasteiger partial charge in [-0.3, -0.25) is 9.59 Å². The number of hydrogen-bond donors (Lipinski definition) is 1. The Labute approximate surface area is 95.3 Å². The predicted octanol–water partition coefficient (Wildman–Crippen LogP) is 0.610. The summed E-state index contributed by atoms with van der Waals surface area (Å²) in [5.74, 6) is -0.703. The Bertz CT molecular complexity index is 269. The van der Waals surface area contributed by atoms with Crippen LogP contribution in [0.3, 0.4) is 0 Å². The molecule has 0 aromatic heterocycles. The molecule has 1 aliphatic carbocycles. The Balaban J connectivity index is 2.50. The highest BCUT2D eigenvalue weighted by Crippen LogP contribution is 2.31. The molecule has 5 nitrogen and oxygen atoms in total. The number of methoxy groups -OCH3 is 1. The van der Waals surface area contributed by atoms with Gasteiger partial charge in [-0.2, -0.15) is 0 Å². The van der Waals surface area contributed by atoms with E-state index in [1.165, 1.54) is 7.11 Å². The first-order chi connectivity index (χ1) is 7.53. The summed E-state index contributed by atoms with van der Waals surface area (Å²) in [6.45, 7) is 2.17. The van der Waals surface area contributed by atoms with Crippen LogP contribution in [0, 0.1) is 5.92 Å². The van der Waals surface area contributed by atoms with Gasteiger partial charge in [0.05, 0.1) is 19.6 Å². The van der Waals surface area contributed by atoms with Crippen LogP contribution < -0.4 is 5.73 Å². The highest BCUT2D eigenvalue weighted by molar-refractivity contribution is 5.81. The van der Waals surface area contributed by atoms with E-state index in [-0.39, 0.29) is 11.9 Å². The third-order valence-electron chi connectivity index (χ3n) is 3.09. The molecular weight excluding hydrogens is 210 g/mol. The van der Waals surface area contributed by atoms with Crippen molar-refractivity contribution in [3.05, 3.63) is 0 Å². The summed E-state index contributed by atoms with van der Waals surface area (Å²) in [5, 5.41) is 0. The van der Waals surface area contributed by atoms with E-state index in [0.29, 0.717) is 32.3 Å². The van der Waals surface area contributed by atoms with E-state index in [0.717, 1.165) is 0 Å². The molecule has 1 saturated carbocycles. The van der Waals surface area contributed by atoms with Crippen LogP contribution >= 0.6 is 0 Å². The van der Waals surface area contributed by atoms with E-state index >= 15 is 0 Å². The molecule has 0 radical (unpaired) electrons. The lowest BCUT2D eigenvalue weighted by molar-refractivity contribution is -0.154. The summed E-state index contributed by atoms with van der Waals surface area (Å²) in [6, 6.07) is 0. The number of rotatable bonds is 3. The van der Waals surface area contributed by atoms with Gasteiger partial charge in [-0.15, -0.1) is 0 Å². The monoisotopic (exact) mass is 229 g/mol. The number of hydrogen-bond acceptors (Lipinski definition) is 5. The minimum Gasteiger partial charge on any atom is -0.468 e. The molecular formula is C11H19NO4. The van der Waals surface area contributed by atoms with Crippen molar-refractivity contribution in [1.29, 1.82) is 0 Å². The molecule has 0 aliphatic heterocycles. The Hall–Kier alpha value is -1.10. The first-order valence-corrected chi connectivity index (χ1v) is 5.57. The summed E-state index contributed by atoms with van der Waals surface area (Å²) in [7, 11) is 1.33. The molecule has 2 N–H and O–H groups in total. The lowest BCUT2D eigenvalue weighted by atomic mass is 9.77. The van der Waals surface area contributed by atoms with Gasteiger partial charge >= 0.3 is 11.9 Å². The van der Waals surface area contributed by atoms with Crippen LogP contribution in [0.2, 0.25) is 0 Å². The van der Waals surface area contributed by atoms with Crippen LogP contribution in [0.4, 0.5) is 0 Å². The third kappa shape index (κ3) is 2.72. The minimum atomic E-state index is -0.919. The molecule has 5 heteroatoms. The van der Waals surface area contributed by atoms with Gasteiger partial charge in [0.1, 0.15) is 5.54 Å². The Kier molecular flexibility index (Phi) is 4.29. The highest BCUT2D eigenvalue weighted by atomic mass is 16.5. The quantitative estimate of drug-likeness (QED) is 0.717. The molecule has 0 heterocycles. The molecule has 0 aromatic carbocycles. The lowest BCUT2D eigenvalue weighted by Crippen LogP contribution is -2.51. The van der Waals surface area contributed by atoms with Crippen LogP contribution in [0.15, 0.2) is 0 Å². The van der Waals surface area contributed by atoms with Gasteiger partial charge in [0.25, 0.3) is 0 Å². The van der Waals surface area contributed by atoms with Crippen molar-refractivity contribution in [2.24, 2.45) is 11.7 Å². The molecule has 1 rings (SSSR count). The Morgan fingerprint density at radius 1 is 1.38 bits per heavy atom. The van der Waals surface area contributed by atoms with Crippen molar-refractivity contribution >= 4 is 11.9 Å². The zero-order valence-electron chi connectivity index (χ0n) is 9.82. The molecule has 1 aliphatic rings. The van der Waals surface area contributed by atoms with Crippen molar-refractivity contribution in [1.82, 2.24) is 0 Å². The zero-order valence-corrected chi connectivity index (χ0v) is 9.82. The molecule has 1 fully saturated rings.